The molecule has 0 atom stereocenters. The van der Waals surface area contributed by atoms with E-state index >= 15 is 0 Å². The van der Waals surface area contributed by atoms with Crippen molar-refractivity contribution in [1.29, 1.82) is 0 Å². The molecule has 0 aromatic heterocycles. The van der Waals surface area contributed by atoms with Crippen molar-refractivity contribution in [3.8, 4) is 24.7 Å². The van der Waals surface area contributed by atoms with Crippen LogP contribution >= 0.6 is 0 Å². The van der Waals surface area contributed by atoms with E-state index in [0.29, 0.717) is 19.7 Å². The van der Waals surface area contributed by atoms with Crippen molar-refractivity contribution in [2.45, 2.75) is 6.92 Å². The molecule has 0 spiro atoms. The fraction of sp³-hybridized carbons (Fsp3) is 0.600. The summed E-state index contributed by atoms with van der Waals surface area (Å²) in [5.41, 5.74) is 0. The van der Waals surface area contributed by atoms with E-state index in [4.69, 9.17) is 17.6 Å². The molecule has 0 aromatic carbocycles. The van der Waals surface area contributed by atoms with Gasteiger partial charge < -0.3 is 4.74 Å². The molecule has 0 aromatic rings. The van der Waals surface area contributed by atoms with Crippen molar-refractivity contribution in [3.63, 3.8) is 0 Å². The molecule has 0 fully saturated rings. The third kappa shape index (κ3) is 5.80. The van der Waals surface area contributed by atoms with Crippen molar-refractivity contribution < 1.29 is 4.74 Å². The van der Waals surface area contributed by atoms with Gasteiger partial charge in [0.05, 0.1) is 19.7 Å². The number of rotatable bonds is 6. The summed E-state index contributed by atoms with van der Waals surface area (Å²) in [6, 6.07) is 0. The van der Waals surface area contributed by atoms with Crippen LogP contribution in [0.3, 0.4) is 0 Å². The van der Waals surface area contributed by atoms with E-state index in [1.165, 1.54) is 0 Å². The lowest BCUT2D eigenvalue weighted by Gasteiger charge is -2.15. The maximum Gasteiger partial charge on any atom is 0.0608 e. The molecular formula is C10H15NO. The van der Waals surface area contributed by atoms with Gasteiger partial charge in [-0.25, -0.2) is 0 Å². The molecule has 0 aliphatic rings. The van der Waals surface area contributed by atoms with E-state index in [-0.39, 0.29) is 0 Å². The highest BCUT2D eigenvalue weighted by molar-refractivity contribution is 4.94. The van der Waals surface area contributed by atoms with Crippen molar-refractivity contribution >= 4 is 0 Å². The van der Waals surface area contributed by atoms with Gasteiger partial charge in [0.15, 0.2) is 0 Å². The minimum Gasteiger partial charge on any atom is -0.380 e. The van der Waals surface area contributed by atoms with Gasteiger partial charge in [-0.2, -0.15) is 0 Å². The number of terminal acetylenes is 2. The molecule has 0 saturated heterocycles. The van der Waals surface area contributed by atoms with Gasteiger partial charge in [0.25, 0.3) is 0 Å². The van der Waals surface area contributed by atoms with Crippen LogP contribution in [0.15, 0.2) is 0 Å². The Hall–Kier alpha value is -0.960. The third-order valence-electron chi connectivity index (χ3n) is 1.39. The first kappa shape index (κ1) is 11.0. The SMILES string of the molecule is C#CCN(CC#C)CCOCC. The van der Waals surface area contributed by atoms with Crippen molar-refractivity contribution in [1.82, 2.24) is 4.90 Å². The molecule has 12 heavy (non-hydrogen) atoms. The molecule has 2 heteroatoms. The molecule has 0 saturated carbocycles. The van der Waals surface area contributed by atoms with E-state index in [2.05, 4.69) is 11.8 Å². The average Bonchev–Trinajstić information content (AvgIpc) is 2.06. The lowest BCUT2D eigenvalue weighted by molar-refractivity contribution is 0.122. The number of hydrogen-bond donors (Lipinski definition) is 0. The zero-order chi connectivity index (χ0) is 9.23. The Morgan fingerprint density at radius 2 is 1.83 bits per heavy atom. The molecule has 0 bridgehead atoms. The molecule has 0 rings (SSSR count). The Kier molecular flexibility index (Phi) is 7.49. The van der Waals surface area contributed by atoms with Crippen LogP contribution in [0, 0.1) is 24.7 Å². The van der Waals surface area contributed by atoms with Crippen molar-refractivity contribution in [2.24, 2.45) is 0 Å². The minimum atomic E-state index is 0.595. The van der Waals surface area contributed by atoms with Gasteiger partial charge in [-0.15, -0.1) is 12.8 Å². The molecule has 0 N–H and O–H groups in total. The summed E-state index contributed by atoms with van der Waals surface area (Å²) in [5.74, 6) is 5.11. The molecule has 2 nitrogen and oxygen atoms in total. The Bertz CT molecular complexity index is 159. The predicted octanol–water partition coefficient (Wildman–Crippen LogP) is 0.591. The summed E-state index contributed by atoms with van der Waals surface area (Å²) in [4.78, 5) is 2.00. The zero-order valence-electron chi connectivity index (χ0n) is 7.55. The van der Waals surface area contributed by atoms with Gasteiger partial charge in [-0.3, -0.25) is 4.90 Å². The lowest BCUT2D eigenvalue weighted by Crippen LogP contribution is -2.28. The molecule has 0 radical (unpaired) electrons. The average molecular weight is 165 g/mol. The van der Waals surface area contributed by atoms with Crippen LogP contribution in [0.2, 0.25) is 0 Å². The van der Waals surface area contributed by atoms with E-state index in [1.54, 1.807) is 0 Å². The zero-order valence-corrected chi connectivity index (χ0v) is 7.55. The van der Waals surface area contributed by atoms with Crippen LogP contribution in [0.1, 0.15) is 6.92 Å². The van der Waals surface area contributed by atoms with Crippen LogP contribution in [0.4, 0.5) is 0 Å². The fourth-order valence-corrected chi connectivity index (χ4v) is 0.810. The van der Waals surface area contributed by atoms with Crippen LogP contribution in [-0.4, -0.2) is 37.7 Å². The normalized spacial score (nSPS) is 9.33. The highest BCUT2D eigenvalue weighted by Gasteiger charge is 1.99. The van der Waals surface area contributed by atoms with Gasteiger partial charge in [-0.05, 0) is 6.92 Å². The summed E-state index contributed by atoms with van der Waals surface area (Å²) < 4.78 is 5.18. The lowest BCUT2D eigenvalue weighted by atomic mass is 10.4. The van der Waals surface area contributed by atoms with E-state index in [1.807, 2.05) is 11.8 Å². The third-order valence-corrected chi connectivity index (χ3v) is 1.39. The monoisotopic (exact) mass is 165 g/mol. The summed E-state index contributed by atoms with van der Waals surface area (Å²) in [7, 11) is 0. The number of hydrogen-bond acceptors (Lipinski definition) is 2. The second kappa shape index (κ2) is 8.14. The molecule has 0 unspecified atom stereocenters. The van der Waals surface area contributed by atoms with Crippen LogP contribution in [-0.2, 0) is 4.74 Å². The van der Waals surface area contributed by atoms with Gasteiger partial charge in [-0.1, -0.05) is 11.8 Å². The fourth-order valence-electron chi connectivity index (χ4n) is 0.810. The first-order valence-corrected chi connectivity index (χ1v) is 4.02. The molecular weight excluding hydrogens is 150 g/mol. The second-order valence-electron chi connectivity index (χ2n) is 2.32. The molecule has 66 valence electrons. The Balaban J connectivity index is 3.51. The number of ether oxygens (including phenoxy) is 1. The van der Waals surface area contributed by atoms with Crippen LogP contribution < -0.4 is 0 Å². The van der Waals surface area contributed by atoms with Crippen LogP contribution in [0.25, 0.3) is 0 Å². The summed E-state index contributed by atoms with van der Waals surface area (Å²) >= 11 is 0. The van der Waals surface area contributed by atoms with Gasteiger partial charge >= 0.3 is 0 Å². The number of nitrogens with zero attached hydrogens (tertiary/aromatic N) is 1. The summed E-state index contributed by atoms with van der Waals surface area (Å²) in [5, 5.41) is 0. The summed E-state index contributed by atoms with van der Waals surface area (Å²) in [6.07, 6.45) is 10.3. The van der Waals surface area contributed by atoms with Crippen molar-refractivity contribution in [3.05, 3.63) is 0 Å². The first-order valence-electron chi connectivity index (χ1n) is 4.02. The molecule has 0 aliphatic carbocycles. The second-order valence-corrected chi connectivity index (χ2v) is 2.32. The largest absolute Gasteiger partial charge is 0.380 e. The quantitative estimate of drug-likeness (QED) is 0.422. The van der Waals surface area contributed by atoms with Gasteiger partial charge in [0, 0.05) is 13.2 Å². The van der Waals surface area contributed by atoms with E-state index in [0.717, 1.165) is 13.2 Å². The first-order chi connectivity index (χ1) is 5.85. The van der Waals surface area contributed by atoms with Gasteiger partial charge in [0.2, 0.25) is 0 Å². The van der Waals surface area contributed by atoms with E-state index < -0.39 is 0 Å². The van der Waals surface area contributed by atoms with E-state index in [9.17, 15) is 0 Å². The predicted molar refractivity (Wildman–Crippen MR) is 50.6 cm³/mol. The Morgan fingerprint density at radius 3 is 2.25 bits per heavy atom. The molecule has 0 amide bonds. The van der Waals surface area contributed by atoms with Crippen molar-refractivity contribution in [2.75, 3.05) is 32.8 Å². The highest BCUT2D eigenvalue weighted by atomic mass is 16.5. The topological polar surface area (TPSA) is 12.5 Å². The Morgan fingerprint density at radius 1 is 1.25 bits per heavy atom. The highest BCUT2D eigenvalue weighted by Crippen LogP contribution is 1.86. The standard InChI is InChI=1S/C10H15NO/c1-4-7-11(8-5-2)9-10-12-6-3/h1-2H,6-10H2,3H3. The molecule has 0 heterocycles. The smallest absolute Gasteiger partial charge is 0.0608 e. The maximum absolute atomic E-state index is 5.18. The van der Waals surface area contributed by atoms with Crippen LogP contribution in [0.5, 0.6) is 0 Å². The Labute approximate surface area is 74.9 Å². The minimum absolute atomic E-state index is 0.595. The summed E-state index contributed by atoms with van der Waals surface area (Å²) in [6.45, 7) is 5.39. The maximum atomic E-state index is 5.18. The molecule has 0 aliphatic heterocycles. The van der Waals surface area contributed by atoms with Gasteiger partial charge in [0.1, 0.15) is 0 Å².